The van der Waals surface area contributed by atoms with Crippen molar-refractivity contribution in [3.05, 3.63) is 83.9 Å². The molecule has 0 saturated heterocycles. The van der Waals surface area contributed by atoms with Crippen LogP contribution in [0.1, 0.15) is 30.9 Å². The fourth-order valence-corrected chi connectivity index (χ4v) is 2.62. The van der Waals surface area contributed by atoms with Crippen molar-refractivity contribution < 1.29 is 14.7 Å². The number of hydrogen-bond donors (Lipinski definition) is 1. The predicted molar refractivity (Wildman–Crippen MR) is 101 cm³/mol. The van der Waals surface area contributed by atoms with Crippen molar-refractivity contribution in [2.75, 3.05) is 0 Å². The third-order valence-corrected chi connectivity index (χ3v) is 4.24. The average Bonchev–Trinajstić information content (AvgIpc) is 2.61. The lowest BCUT2D eigenvalue weighted by molar-refractivity contribution is -0.153. The monoisotopic (exact) mass is 334 g/mol. The van der Waals surface area contributed by atoms with Crippen LogP contribution >= 0.6 is 0 Å². The van der Waals surface area contributed by atoms with Crippen LogP contribution in [0.15, 0.2) is 72.8 Å². The van der Waals surface area contributed by atoms with Crippen LogP contribution in [-0.4, -0.2) is 16.9 Å². The molecule has 0 amide bonds. The van der Waals surface area contributed by atoms with E-state index >= 15 is 0 Å². The Bertz CT molecular complexity index is 691. The molecule has 0 unspecified atom stereocenters. The summed E-state index contributed by atoms with van der Waals surface area (Å²) in [7, 11) is 0. The Morgan fingerprint density at radius 1 is 0.840 bits per heavy atom. The Morgan fingerprint density at radius 2 is 1.24 bits per heavy atom. The van der Waals surface area contributed by atoms with Gasteiger partial charge in [-0.1, -0.05) is 85.0 Å². The minimum atomic E-state index is -1.43. The molecule has 0 aliphatic rings. The molecule has 25 heavy (non-hydrogen) atoms. The number of aliphatic carboxylic acids is 1. The molecule has 3 heteroatoms. The van der Waals surface area contributed by atoms with E-state index in [1.165, 1.54) is 6.92 Å². The van der Waals surface area contributed by atoms with Gasteiger partial charge in [-0.2, -0.15) is 0 Å². The molecule has 0 bridgehead atoms. The number of benzene rings is 2. The van der Waals surface area contributed by atoms with Gasteiger partial charge in [0.2, 0.25) is 0 Å². The van der Waals surface area contributed by atoms with E-state index in [0.717, 1.165) is 11.1 Å². The maximum Gasteiger partial charge on any atom is 0.317 e. The van der Waals surface area contributed by atoms with Gasteiger partial charge in [0.05, 0.1) is 0 Å². The van der Waals surface area contributed by atoms with E-state index in [0.29, 0.717) is 0 Å². The third-order valence-electron chi connectivity index (χ3n) is 4.24. The van der Waals surface area contributed by atoms with Gasteiger partial charge in [0, 0.05) is 0 Å². The molecule has 3 nitrogen and oxygen atoms in total. The van der Waals surface area contributed by atoms with Gasteiger partial charge in [-0.05, 0) is 30.9 Å². The Labute approximate surface area is 148 Å². The lowest BCUT2D eigenvalue weighted by Crippen LogP contribution is -2.37. The topological polar surface area (TPSA) is 54.4 Å². The average molecular weight is 334 g/mol. The molecule has 0 saturated carbocycles. The number of carbonyl (C=O) groups is 2. The molecular weight excluding hydrogens is 312 g/mol. The SMILES string of the molecule is CC(=O)C(CC=Cc1ccccc1)(CC=Cc1ccccc1)C(=O)O. The molecule has 0 heterocycles. The summed E-state index contributed by atoms with van der Waals surface area (Å²) in [5.74, 6) is -1.43. The first-order chi connectivity index (χ1) is 12.0. The zero-order chi connectivity index (χ0) is 18.1. The van der Waals surface area contributed by atoms with Crippen molar-refractivity contribution in [3.8, 4) is 0 Å². The van der Waals surface area contributed by atoms with Crippen LogP contribution in [0.25, 0.3) is 12.2 Å². The van der Waals surface area contributed by atoms with Crippen molar-refractivity contribution >= 4 is 23.9 Å². The number of Topliss-reactive ketones (excluding diaryl/α,β-unsaturated/α-hetero) is 1. The highest BCUT2D eigenvalue weighted by molar-refractivity contribution is 6.02. The number of ketones is 1. The minimum Gasteiger partial charge on any atom is -0.480 e. The van der Waals surface area contributed by atoms with Crippen molar-refractivity contribution in [2.24, 2.45) is 5.41 Å². The summed E-state index contributed by atoms with van der Waals surface area (Å²) in [5.41, 5.74) is 0.520. The number of carboxylic acids is 1. The normalized spacial score (nSPS) is 13.8. The molecule has 0 fully saturated rings. The number of rotatable bonds is 8. The van der Waals surface area contributed by atoms with Crippen LogP contribution in [0, 0.1) is 5.41 Å². The Kier molecular flexibility index (Phi) is 6.47. The second-order valence-corrected chi connectivity index (χ2v) is 5.98. The quantitative estimate of drug-likeness (QED) is 0.702. The highest BCUT2D eigenvalue weighted by Crippen LogP contribution is 2.30. The van der Waals surface area contributed by atoms with Crippen LogP contribution < -0.4 is 0 Å². The van der Waals surface area contributed by atoms with E-state index in [2.05, 4.69) is 0 Å². The molecule has 0 spiro atoms. The van der Waals surface area contributed by atoms with Crippen LogP contribution in [0.4, 0.5) is 0 Å². The number of hydrogen-bond acceptors (Lipinski definition) is 2. The summed E-state index contributed by atoms with van der Waals surface area (Å²) in [6, 6.07) is 19.2. The molecule has 2 aromatic carbocycles. The standard InChI is InChI=1S/C22H22O3/c1-18(23)22(21(24)25,16-8-14-19-10-4-2-5-11-19)17-9-15-20-12-6-3-7-13-20/h2-15H,16-17H2,1H3,(H,24,25). The van der Waals surface area contributed by atoms with E-state index in [4.69, 9.17) is 0 Å². The highest BCUT2D eigenvalue weighted by Gasteiger charge is 2.41. The summed E-state index contributed by atoms with van der Waals surface area (Å²) in [6.07, 6.45) is 7.54. The van der Waals surface area contributed by atoms with Crippen molar-refractivity contribution in [2.45, 2.75) is 19.8 Å². The van der Waals surface area contributed by atoms with E-state index < -0.39 is 11.4 Å². The lowest BCUT2D eigenvalue weighted by atomic mass is 9.77. The minimum absolute atomic E-state index is 0.158. The first kappa shape index (κ1) is 18.4. The predicted octanol–water partition coefficient (Wildman–Crippen LogP) is 4.85. The van der Waals surface area contributed by atoms with E-state index in [1.807, 2.05) is 72.8 Å². The Balaban J connectivity index is 2.16. The van der Waals surface area contributed by atoms with Gasteiger partial charge in [0.1, 0.15) is 11.2 Å². The number of carbonyl (C=O) groups excluding carboxylic acids is 1. The molecule has 2 aromatic rings. The zero-order valence-corrected chi connectivity index (χ0v) is 14.3. The Hall–Kier alpha value is -2.94. The lowest BCUT2D eigenvalue weighted by Gasteiger charge is -2.23. The molecule has 0 atom stereocenters. The fraction of sp³-hybridized carbons (Fsp3) is 0.182. The van der Waals surface area contributed by atoms with Gasteiger partial charge < -0.3 is 5.11 Å². The summed E-state index contributed by atoms with van der Waals surface area (Å²) >= 11 is 0. The molecule has 0 aromatic heterocycles. The van der Waals surface area contributed by atoms with Gasteiger partial charge in [-0.3, -0.25) is 9.59 Å². The van der Waals surface area contributed by atoms with Crippen LogP contribution in [-0.2, 0) is 9.59 Å². The molecule has 2 rings (SSSR count). The summed E-state index contributed by atoms with van der Waals surface area (Å²) < 4.78 is 0. The van der Waals surface area contributed by atoms with Crippen LogP contribution in [0.5, 0.6) is 0 Å². The fourth-order valence-electron chi connectivity index (χ4n) is 2.62. The van der Waals surface area contributed by atoms with E-state index in [-0.39, 0.29) is 18.6 Å². The summed E-state index contributed by atoms with van der Waals surface area (Å²) in [4.78, 5) is 24.0. The summed E-state index contributed by atoms with van der Waals surface area (Å²) in [5, 5.41) is 9.70. The summed E-state index contributed by atoms with van der Waals surface area (Å²) in [6.45, 7) is 1.35. The molecule has 0 radical (unpaired) electrons. The molecule has 0 aliphatic heterocycles. The van der Waals surface area contributed by atoms with Crippen molar-refractivity contribution in [1.29, 1.82) is 0 Å². The van der Waals surface area contributed by atoms with Crippen molar-refractivity contribution in [3.63, 3.8) is 0 Å². The van der Waals surface area contributed by atoms with Gasteiger partial charge in [0.15, 0.2) is 0 Å². The van der Waals surface area contributed by atoms with Crippen LogP contribution in [0.3, 0.4) is 0 Å². The molecule has 128 valence electrons. The smallest absolute Gasteiger partial charge is 0.317 e. The van der Waals surface area contributed by atoms with Gasteiger partial charge in [0.25, 0.3) is 0 Å². The highest BCUT2D eigenvalue weighted by atomic mass is 16.4. The van der Waals surface area contributed by atoms with Crippen LogP contribution in [0.2, 0.25) is 0 Å². The second kappa shape index (κ2) is 8.78. The van der Waals surface area contributed by atoms with Crippen molar-refractivity contribution in [1.82, 2.24) is 0 Å². The first-order valence-corrected chi connectivity index (χ1v) is 8.22. The number of carboxylic acid groups (broad SMARTS) is 1. The van der Waals surface area contributed by atoms with Gasteiger partial charge >= 0.3 is 5.97 Å². The maximum atomic E-state index is 12.1. The van der Waals surface area contributed by atoms with Gasteiger partial charge in [-0.15, -0.1) is 0 Å². The maximum absolute atomic E-state index is 12.1. The zero-order valence-electron chi connectivity index (χ0n) is 14.3. The molecular formula is C22H22O3. The van der Waals surface area contributed by atoms with E-state index in [9.17, 15) is 14.7 Å². The largest absolute Gasteiger partial charge is 0.480 e. The van der Waals surface area contributed by atoms with E-state index in [1.54, 1.807) is 12.2 Å². The first-order valence-electron chi connectivity index (χ1n) is 8.22. The third kappa shape index (κ3) is 5.01. The number of allylic oxidation sites excluding steroid dienone is 2. The Morgan fingerprint density at radius 3 is 1.56 bits per heavy atom. The van der Waals surface area contributed by atoms with Gasteiger partial charge in [-0.25, -0.2) is 0 Å². The molecule has 1 N–H and O–H groups in total. The molecule has 0 aliphatic carbocycles. The second-order valence-electron chi connectivity index (χ2n) is 5.98.